The van der Waals surface area contributed by atoms with Crippen LogP contribution in [0.2, 0.25) is 0 Å². The van der Waals surface area contributed by atoms with Crippen molar-refractivity contribution < 1.29 is 5.11 Å². The third kappa shape index (κ3) is 4.43. The fourth-order valence-corrected chi connectivity index (χ4v) is 5.16. The normalized spacial score (nSPS) is 12.6. The molecule has 0 aromatic rings. The van der Waals surface area contributed by atoms with E-state index in [2.05, 4.69) is 19.7 Å². The topological polar surface area (TPSA) is 20.2 Å². The Hall–Kier alpha value is -0.810. The standard InChI is InChI=1S/C12H21OP/c1-4-9-14(10-5-2,11-6-3)12-7-8-13/h4-8,13-14H,1-3,9-12H2. The van der Waals surface area contributed by atoms with Crippen molar-refractivity contribution in [3.8, 4) is 0 Å². The van der Waals surface area contributed by atoms with Gasteiger partial charge in [0.15, 0.2) is 0 Å². The summed E-state index contributed by atoms with van der Waals surface area (Å²) in [5.74, 6) is 0. The van der Waals surface area contributed by atoms with Crippen LogP contribution in [0.4, 0.5) is 0 Å². The molecule has 0 aromatic carbocycles. The molecule has 0 aliphatic rings. The average molecular weight is 212 g/mol. The number of aliphatic hydroxyl groups excluding tert-OH is 1. The van der Waals surface area contributed by atoms with Gasteiger partial charge in [0.25, 0.3) is 0 Å². The van der Waals surface area contributed by atoms with Gasteiger partial charge in [0.1, 0.15) is 0 Å². The molecular weight excluding hydrogens is 191 g/mol. The Kier molecular flexibility index (Phi) is 7.14. The fourth-order valence-electron chi connectivity index (χ4n) is 1.72. The Labute approximate surface area is 87.9 Å². The maximum atomic E-state index is 8.70. The van der Waals surface area contributed by atoms with Crippen LogP contribution in [0.3, 0.4) is 0 Å². The minimum absolute atomic E-state index is 0.966. The molecule has 14 heavy (non-hydrogen) atoms. The molecular formula is C12H21OP. The molecule has 0 spiro atoms. The summed E-state index contributed by atoms with van der Waals surface area (Å²) in [7, 11) is -1.42. The van der Waals surface area contributed by atoms with Gasteiger partial charge in [0.2, 0.25) is 0 Å². The van der Waals surface area contributed by atoms with Gasteiger partial charge in [-0.1, -0.05) is 0 Å². The zero-order chi connectivity index (χ0) is 10.9. The fraction of sp³-hybridized carbons (Fsp3) is 0.333. The van der Waals surface area contributed by atoms with Crippen molar-refractivity contribution in [2.45, 2.75) is 0 Å². The molecule has 1 N–H and O–H groups in total. The Morgan fingerprint density at radius 2 is 1.29 bits per heavy atom. The molecule has 0 heterocycles. The van der Waals surface area contributed by atoms with Crippen molar-refractivity contribution in [1.82, 2.24) is 0 Å². The van der Waals surface area contributed by atoms with E-state index >= 15 is 0 Å². The summed E-state index contributed by atoms with van der Waals surface area (Å²) >= 11 is 0. The number of hydrogen-bond donors (Lipinski definition) is 1. The predicted octanol–water partition coefficient (Wildman–Crippen LogP) is 3.37. The second-order valence-electron chi connectivity index (χ2n) is 3.57. The van der Waals surface area contributed by atoms with Crippen LogP contribution >= 0.6 is 7.26 Å². The molecule has 0 atom stereocenters. The van der Waals surface area contributed by atoms with E-state index in [1.165, 1.54) is 0 Å². The summed E-state index contributed by atoms with van der Waals surface area (Å²) in [4.78, 5) is 0. The van der Waals surface area contributed by atoms with E-state index in [0.29, 0.717) is 0 Å². The summed E-state index contributed by atoms with van der Waals surface area (Å²) in [6, 6.07) is 0. The number of aliphatic hydroxyl groups is 1. The number of allylic oxidation sites excluding steroid dienone is 4. The van der Waals surface area contributed by atoms with Gasteiger partial charge >= 0.3 is 87.3 Å². The molecule has 0 radical (unpaired) electrons. The first-order chi connectivity index (χ1) is 6.74. The van der Waals surface area contributed by atoms with Crippen LogP contribution in [0.25, 0.3) is 0 Å². The van der Waals surface area contributed by atoms with Gasteiger partial charge in [-0.25, -0.2) is 0 Å². The summed E-state index contributed by atoms with van der Waals surface area (Å²) in [6.45, 7) is 11.4. The van der Waals surface area contributed by atoms with Crippen LogP contribution in [0.15, 0.2) is 50.3 Å². The molecule has 0 aliphatic carbocycles. The number of rotatable bonds is 8. The van der Waals surface area contributed by atoms with Gasteiger partial charge in [0, 0.05) is 0 Å². The SMILES string of the molecule is C=CC[PH](CC=C)(CC=C)CC=CO. The first kappa shape index (κ1) is 13.2. The first-order valence-electron chi connectivity index (χ1n) is 4.86. The van der Waals surface area contributed by atoms with E-state index in [1.807, 2.05) is 24.3 Å². The summed E-state index contributed by atoms with van der Waals surface area (Å²) < 4.78 is 0. The zero-order valence-corrected chi connectivity index (χ0v) is 9.78. The van der Waals surface area contributed by atoms with Gasteiger partial charge in [0.05, 0.1) is 0 Å². The molecule has 0 bridgehead atoms. The van der Waals surface area contributed by atoms with Gasteiger partial charge < -0.3 is 0 Å². The van der Waals surface area contributed by atoms with Crippen molar-refractivity contribution in [3.63, 3.8) is 0 Å². The van der Waals surface area contributed by atoms with Crippen molar-refractivity contribution >= 4 is 7.26 Å². The molecule has 0 rings (SSSR count). The average Bonchev–Trinajstić information content (AvgIpc) is 2.16. The molecule has 0 unspecified atom stereocenters. The minimum atomic E-state index is -1.42. The summed E-state index contributed by atoms with van der Waals surface area (Å²) in [5, 5.41) is 8.70. The van der Waals surface area contributed by atoms with Crippen LogP contribution in [-0.4, -0.2) is 29.8 Å². The third-order valence-electron chi connectivity index (χ3n) is 2.39. The molecule has 0 aliphatic heterocycles. The van der Waals surface area contributed by atoms with Crippen LogP contribution < -0.4 is 0 Å². The van der Waals surface area contributed by atoms with Gasteiger partial charge in [-0.2, -0.15) is 0 Å². The molecule has 0 amide bonds. The van der Waals surface area contributed by atoms with Gasteiger partial charge in [-0.15, -0.1) is 0 Å². The Bertz CT molecular complexity index is 192. The van der Waals surface area contributed by atoms with E-state index in [-0.39, 0.29) is 0 Å². The Morgan fingerprint density at radius 3 is 1.57 bits per heavy atom. The van der Waals surface area contributed by atoms with Crippen LogP contribution in [-0.2, 0) is 0 Å². The molecule has 0 fully saturated rings. The second kappa shape index (κ2) is 7.58. The van der Waals surface area contributed by atoms with Crippen molar-refractivity contribution in [2.75, 3.05) is 24.6 Å². The molecule has 2 heteroatoms. The molecule has 80 valence electrons. The van der Waals surface area contributed by atoms with E-state index in [1.54, 1.807) is 0 Å². The summed E-state index contributed by atoms with van der Waals surface area (Å²) in [6.07, 6.45) is 13.0. The van der Waals surface area contributed by atoms with E-state index in [0.717, 1.165) is 30.9 Å². The number of hydrogen-bond acceptors (Lipinski definition) is 1. The predicted molar refractivity (Wildman–Crippen MR) is 70.1 cm³/mol. The monoisotopic (exact) mass is 212 g/mol. The summed E-state index contributed by atoms with van der Waals surface area (Å²) in [5.41, 5.74) is 0. The third-order valence-corrected chi connectivity index (χ3v) is 6.95. The van der Waals surface area contributed by atoms with E-state index in [9.17, 15) is 0 Å². The van der Waals surface area contributed by atoms with Crippen molar-refractivity contribution in [2.24, 2.45) is 0 Å². The zero-order valence-electron chi connectivity index (χ0n) is 8.78. The molecule has 1 nitrogen and oxygen atoms in total. The van der Waals surface area contributed by atoms with Crippen molar-refractivity contribution in [1.29, 1.82) is 0 Å². The van der Waals surface area contributed by atoms with Crippen molar-refractivity contribution in [3.05, 3.63) is 50.3 Å². The van der Waals surface area contributed by atoms with E-state index in [4.69, 9.17) is 5.11 Å². The van der Waals surface area contributed by atoms with Gasteiger partial charge in [-0.3, -0.25) is 0 Å². The quantitative estimate of drug-likeness (QED) is 0.371. The van der Waals surface area contributed by atoms with Gasteiger partial charge in [-0.05, 0) is 0 Å². The van der Waals surface area contributed by atoms with Crippen LogP contribution in [0.5, 0.6) is 0 Å². The Balaban J connectivity index is 4.59. The molecule has 0 aromatic heterocycles. The maximum absolute atomic E-state index is 8.70. The second-order valence-corrected chi connectivity index (χ2v) is 8.20. The molecule has 0 saturated heterocycles. The van der Waals surface area contributed by atoms with Crippen LogP contribution in [0.1, 0.15) is 0 Å². The van der Waals surface area contributed by atoms with Crippen LogP contribution in [0, 0.1) is 0 Å². The Morgan fingerprint density at radius 1 is 0.857 bits per heavy atom. The first-order valence-corrected chi connectivity index (χ1v) is 7.69. The van der Waals surface area contributed by atoms with E-state index < -0.39 is 7.26 Å². The molecule has 0 saturated carbocycles.